The summed E-state index contributed by atoms with van der Waals surface area (Å²) in [6.07, 6.45) is 3.20. The number of hydrogen-bond donors (Lipinski definition) is 0. The number of ether oxygens (including phenoxy) is 1. The van der Waals surface area contributed by atoms with Gasteiger partial charge in [-0.1, -0.05) is 6.07 Å². The molecular weight excluding hydrogens is 377 g/mol. The number of hydrogen-bond acceptors (Lipinski definition) is 6. The minimum absolute atomic E-state index is 0.300. The van der Waals surface area contributed by atoms with Crippen molar-refractivity contribution in [1.82, 2.24) is 19.7 Å². The van der Waals surface area contributed by atoms with Crippen LogP contribution < -0.4 is 4.74 Å². The average molecular weight is 391 g/mol. The van der Waals surface area contributed by atoms with Crippen LogP contribution in [0.15, 0.2) is 66.1 Å². The molecule has 0 amide bonds. The highest BCUT2D eigenvalue weighted by Crippen LogP contribution is 2.26. The first kappa shape index (κ1) is 17.9. The highest BCUT2D eigenvalue weighted by atomic mass is 32.2. The van der Waals surface area contributed by atoms with Crippen molar-refractivity contribution in [3.05, 3.63) is 72.4 Å². The topological polar surface area (TPSA) is 76.6 Å². The summed E-state index contributed by atoms with van der Waals surface area (Å²) in [4.78, 5) is 8.66. The van der Waals surface area contributed by atoms with E-state index < -0.39 is 0 Å². The average Bonchev–Trinajstić information content (AvgIpc) is 3.17. The van der Waals surface area contributed by atoms with Gasteiger partial charge in [0.15, 0.2) is 5.65 Å². The molecule has 0 atom stereocenters. The first-order valence-corrected chi connectivity index (χ1v) is 9.43. The molecule has 138 valence electrons. The Kier molecular flexibility index (Phi) is 5.17. The summed E-state index contributed by atoms with van der Waals surface area (Å²) < 4.78 is 20.5. The van der Waals surface area contributed by atoms with Gasteiger partial charge in [-0.2, -0.15) is 10.4 Å². The summed E-state index contributed by atoms with van der Waals surface area (Å²) in [5.41, 5.74) is 1.95. The van der Waals surface area contributed by atoms with Crippen molar-refractivity contribution in [2.24, 2.45) is 0 Å². The van der Waals surface area contributed by atoms with Gasteiger partial charge >= 0.3 is 0 Å². The molecular formula is C20H14FN5OS. The van der Waals surface area contributed by atoms with E-state index >= 15 is 0 Å². The number of benzene rings is 2. The lowest BCUT2D eigenvalue weighted by molar-refractivity contribution is 0.344. The molecule has 0 N–H and O–H groups in total. The Labute approximate surface area is 164 Å². The molecule has 0 aliphatic heterocycles. The molecule has 0 unspecified atom stereocenters. The zero-order valence-electron chi connectivity index (χ0n) is 14.6. The Bertz CT molecular complexity index is 1150. The van der Waals surface area contributed by atoms with Gasteiger partial charge in [-0.15, -0.1) is 11.8 Å². The van der Waals surface area contributed by atoms with E-state index in [2.05, 4.69) is 21.1 Å². The predicted octanol–water partition coefficient (Wildman–Crippen LogP) is 4.00. The van der Waals surface area contributed by atoms with Crippen LogP contribution in [-0.4, -0.2) is 32.1 Å². The van der Waals surface area contributed by atoms with Crippen LogP contribution in [0.2, 0.25) is 0 Å². The molecule has 2 heterocycles. The van der Waals surface area contributed by atoms with Crippen molar-refractivity contribution in [3.8, 4) is 17.5 Å². The maximum absolute atomic E-state index is 13.2. The van der Waals surface area contributed by atoms with Gasteiger partial charge in [-0.3, -0.25) is 0 Å². The Morgan fingerprint density at radius 3 is 2.82 bits per heavy atom. The van der Waals surface area contributed by atoms with Crippen LogP contribution >= 0.6 is 11.8 Å². The molecule has 4 rings (SSSR count). The molecule has 0 aliphatic carbocycles. The molecule has 2 aromatic heterocycles. The SMILES string of the molecule is N#Cc1cccc(OCCSc2ncnc3c2cnn3-c2ccc(F)cc2)c1. The van der Waals surface area contributed by atoms with Gasteiger partial charge in [0.2, 0.25) is 0 Å². The number of aromatic nitrogens is 4. The molecule has 8 heteroatoms. The van der Waals surface area contributed by atoms with Crippen LogP contribution in [0.4, 0.5) is 4.39 Å². The maximum Gasteiger partial charge on any atom is 0.167 e. The number of rotatable bonds is 6. The van der Waals surface area contributed by atoms with Crippen molar-refractivity contribution < 1.29 is 9.13 Å². The fourth-order valence-electron chi connectivity index (χ4n) is 2.66. The van der Waals surface area contributed by atoms with Gasteiger partial charge in [0, 0.05) is 5.75 Å². The van der Waals surface area contributed by atoms with Crippen molar-refractivity contribution in [2.45, 2.75) is 5.03 Å². The van der Waals surface area contributed by atoms with Crippen molar-refractivity contribution in [3.63, 3.8) is 0 Å². The van der Waals surface area contributed by atoms with Crippen molar-refractivity contribution in [2.75, 3.05) is 12.4 Å². The fourth-order valence-corrected chi connectivity index (χ4v) is 3.44. The van der Waals surface area contributed by atoms with E-state index in [9.17, 15) is 4.39 Å². The van der Waals surface area contributed by atoms with Crippen LogP contribution in [0.1, 0.15) is 5.56 Å². The second kappa shape index (κ2) is 8.06. The third kappa shape index (κ3) is 3.80. The first-order chi connectivity index (χ1) is 13.7. The lowest BCUT2D eigenvalue weighted by Gasteiger charge is -2.06. The monoisotopic (exact) mass is 391 g/mol. The minimum atomic E-state index is -0.300. The molecule has 0 saturated heterocycles. The summed E-state index contributed by atoms with van der Waals surface area (Å²) in [5.74, 6) is 1.04. The minimum Gasteiger partial charge on any atom is -0.493 e. The summed E-state index contributed by atoms with van der Waals surface area (Å²) >= 11 is 1.54. The van der Waals surface area contributed by atoms with Crippen molar-refractivity contribution in [1.29, 1.82) is 5.26 Å². The number of fused-ring (bicyclic) bond motifs is 1. The quantitative estimate of drug-likeness (QED) is 0.281. The van der Waals surface area contributed by atoms with Crippen LogP contribution in [0.5, 0.6) is 5.75 Å². The van der Waals surface area contributed by atoms with Gasteiger partial charge in [0.1, 0.15) is 22.9 Å². The van der Waals surface area contributed by atoms with E-state index in [0.29, 0.717) is 29.3 Å². The highest BCUT2D eigenvalue weighted by Gasteiger charge is 2.11. The zero-order valence-corrected chi connectivity index (χ0v) is 15.4. The number of nitriles is 1. The van der Waals surface area contributed by atoms with Crippen LogP contribution in [0.25, 0.3) is 16.7 Å². The van der Waals surface area contributed by atoms with Crippen LogP contribution in [0, 0.1) is 17.1 Å². The summed E-state index contributed by atoms with van der Waals surface area (Å²) in [7, 11) is 0. The van der Waals surface area contributed by atoms with Gasteiger partial charge in [-0.05, 0) is 42.5 Å². The second-order valence-electron chi connectivity index (χ2n) is 5.79. The van der Waals surface area contributed by atoms with Crippen LogP contribution in [0.3, 0.4) is 0 Å². The Morgan fingerprint density at radius 2 is 2.00 bits per heavy atom. The van der Waals surface area contributed by atoms with E-state index in [4.69, 9.17) is 10.00 Å². The molecule has 0 aliphatic rings. The van der Waals surface area contributed by atoms with Gasteiger partial charge < -0.3 is 4.74 Å². The second-order valence-corrected chi connectivity index (χ2v) is 6.87. The molecule has 0 saturated carbocycles. The summed E-state index contributed by atoms with van der Waals surface area (Å²) in [5, 5.41) is 14.9. The molecule has 0 fully saturated rings. The van der Waals surface area contributed by atoms with Gasteiger partial charge in [-0.25, -0.2) is 19.0 Å². The smallest absolute Gasteiger partial charge is 0.167 e. The summed E-state index contributed by atoms with van der Waals surface area (Å²) in [6, 6.07) is 15.2. The molecule has 2 aromatic carbocycles. The number of halogens is 1. The number of thioether (sulfide) groups is 1. The fraction of sp³-hybridized carbons (Fsp3) is 0.100. The molecule has 0 bridgehead atoms. The highest BCUT2D eigenvalue weighted by molar-refractivity contribution is 7.99. The van der Waals surface area contributed by atoms with E-state index in [1.807, 2.05) is 6.07 Å². The Morgan fingerprint density at radius 1 is 1.14 bits per heavy atom. The largest absolute Gasteiger partial charge is 0.493 e. The molecule has 28 heavy (non-hydrogen) atoms. The lowest BCUT2D eigenvalue weighted by Crippen LogP contribution is -2.01. The van der Waals surface area contributed by atoms with Gasteiger partial charge in [0.25, 0.3) is 0 Å². The lowest BCUT2D eigenvalue weighted by atomic mass is 10.2. The maximum atomic E-state index is 13.2. The third-order valence-electron chi connectivity index (χ3n) is 3.95. The standard InChI is InChI=1S/C20H14FN5OS/c21-15-4-6-16(7-5-15)26-19-18(12-25-26)20(24-13-23-19)28-9-8-27-17-3-1-2-14(10-17)11-22/h1-7,10,12-13H,8-9H2. The van der Waals surface area contributed by atoms with E-state index in [1.54, 1.807) is 41.2 Å². The zero-order chi connectivity index (χ0) is 19.3. The molecule has 4 aromatic rings. The Hall–Kier alpha value is -3.44. The Balaban J connectivity index is 1.46. The van der Waals surface area contributed by atoms with Crippen LogP contribution in [-0.2, 0) is 0 Å². The molecule has 0 radical (unpaired) electrons. The number of nitrogens with zero attached hydrogens (tertiary/aromatic N) is 5. The van der Waals surface area contributed by atoms with E-state index in [1.165, 1.54) is 30.2 Å². The van der Waals surface area contributed by atoms with E-state index in [0.717, 1.165) is 16.1 Å². The van der Waals surface area contributed by atoms with E-state index in [-0.39, 0.29) is 5.82 Å². The third-order valence-corrected chi connectivity index (χ3v) is 4.92. The molecule has 6 nitrogen and oxygen atoms in total. The predicted molar refractivity (Wildman–Crippen MR) is 104 cm³/mol. The summed E-state index contributed by atoms with van der Waals surface area (Å²) in [6.45, 7) is 0.469. The normalized spacial score (nSPS) is 10.7. The molecule has 0 spiro atoms. The van der Waals surface area contributed by atoms with Crippen molar-refractivity contribution >= 4 is 22.8 Å². The first-order valence-electron chi connectivity index (χ1n) is 8.45. The van der Waals surface area contributed by atoms with Gasteiger partial charge in [0.05, 0.1) is 35.5 Å².